The van der Waals surface area contributed by atoms with Gasteiger partial charge in [-0.2, -0.15) is 4.31 Å². The summed E-state index contributed by atoms with van der Waals surface area (Å²) in [6.07, 6.45) is 0.688. The van der Waals surface area contributed by atoms with Crippen molar-refractivity contribution in [3.8, 4) is 0 Å². The third kappa shape index (κ3) is 4.63. The van der Waals surface area contributed by atoms with Crippen LogP contribution in [0.3, 0.4) is 0 Å². The Morgan fingerprint density at radius 3 is 2.71 bits per heavy atom. The summed E-state index contributed by atoms with van der Waals surface area (Å²) in [7, 11) is -1.73. The number of carbonyl (C=O) groups excluding carboxylic acids is 1. The van der Waals surface area contributed by atoms with E-state index in [1.807, 2.05) is 11.6 Å². The minimum atomic E-state index is -3.59. The van der Waals surface area contributed by atoms with E-state index in [4.69, 9.17) is 9.26 Å². The zero-order chi connectivity index (χ0) is 22.0. The summed E-state index contributed by atoms with van der Waals surface area (Å²) < 4.78 is 39.3. The summed E-state index contributed by atoms with van der Waals surface area (Å²) in [5.74, 6) is 1.28. The molecule has 0 radical (unpaired) electrons. The van der Waals surface area contributed by atoms with Gasteiger partial charge in [0.2, 0.25) is 15.9 Å². The second-order valence-corrected chi connectivity index (χ2v) is 9.40. The molecular weight excluding hydrogens is 422 g/mol. The number of carbonyl (C=O) groups is 1. The molecular formula is C20H25N5O5S. The Morgan fingerprint density at radius 2 is 2.00 bits per heavy atom. The summed E-state index contributed by atoms with van der Waals surface area (Å²) in [5, 5.41) is 6.65. The van der Waals surface area contributed by atoms with E-state index in [0.29, 0.717) is 62.1 Å². The number of nitrogens with zero attached hydrogens (tertiary/aromatic N) is 4. The molecule has 0 aliphatic carbocycles. The molecule has 0 unspecified atom stereocenters. The third-order valence-corrected chi connectivity index (χ3v) is 7.17. The van der Waals surface area contributed by atoms with Crippen LogP contribution in [-0.2, 0) is 39.6 Å². The van der Waals surface area contributed by atoms with E-state index in [1.165, 1.54) is 4.31 Å². The SMILES string of the molecule is Cc1cc(CNC(=O)CCc2nc3cc(S(=O)(=O)N4CCOCC4)ccc3n2C)no1. The highest BCUT2D eigenvalue weighted by molar-refractivity contribution is 7.89. The van der Waals surface area contributed by atoms with E-state index in [1.54, 1.807) is 31.2 Å². The van der Waals surface area contributed by atoms with Crippen LogP contribution >= 0.6 is 0 Å². The number of ether oxygens (including phenoxy) is 1. The number of hydrogen-bond donors (Lipinski definition) is 1. The number of amides is 1. The van der Waals surface area contributed by atoms with Gasteiger partial charge in [0.25, 0.3) is 0 Å². The van der Waals surface area contributed by atoms with Crippen LogP contribution in [0.5, 0.6) is 0 Å². The van der Waals surface area contributed by atoms with Crippen molar-refractivity contribution in [2.24, 2.45) is 7.05 Å². The lowest BCUT2D eigenvalue weighted by Crippen LogP contribution is -2.40. The molecule has 4 rings (SSSR count). The van der Waals surface area contributed by atoms with Gasteiger partial charge in [-0.25, -0.2) is 13.4 Å². The maximum atomic E-state index is 12.9. The summed E-state index contributed by atoms with van der Waals surface area (Å²) in [6.45, 7) is 3.58. The van der Waals surface area contributed by atoms with Gasteiger partial charge in [0.15, 0.2) is 0 Å². The molecule has 1 aromatic carbocycles. The molecule has 0 bridgehead atoms. The quantitative estimate of drug-likeness (QED) is 0.577. The lowest BCUT2D eigenvalue weighted by Gasteiger charge is -2.26. The van der Waals surface area contributed by atoms with Crippen molar-refractivity contribution in [2.45, 2.75) is 31.2 Å². The fourth-order valence-electron chi connectivity index (χ4n) is 3.55. The molecule has 0 atom stereocenters. The average Bonchev–Trinajstić information content (AvgIpc) is 3.33. The van der Waals surface area contributed by atoms with Gasteiger partial charge in [0.1, 0.15) is 17.3 Å². The second kappa shape index (κ2) is 8.77. The van der Waals surface area contributed by atoms with Crippen LogP contribution < -0.4 is 5.32 Å². The van der Waals surface area contributed by atoms with Gasteiger partial charge < -0.3 is 19.1 Å². The lowest BCUT2D eigenvalue weighted by molar-refractivity contribution is -0.121. The standard InChI is InChI=1S/C20H25N5O5S/c1-14-11-15(23-30-14)13-21-20(26)6-5-19-22-17-12-16(3-4-18(17)24(19)2)31(27,28)25-7-9-29-10-8-25/h3-4,11-12H,5-10,13H2,1-2H3,(H,21,26). The molecule has 2 aromatic heterocycles. The molecule has 1 fully saturated rings. The number of rotatable bonds is 7. The van der Waals surface area contributed by atoms with Crippen molar-refractivity contribution in [3.63, 3.8) is 0 Å². The molecule has 3 aromatic rings. The van der Waals surface area contributed by atoms with Gasteiger partial charge in [0, 0.05) is 39.0 Å². The zero-order valence-corrected chi connectivity index (χ0v) is 18.3. The first-order valence-corrected chi connectivity index (χ1v) is 11.5. The van der Waals surface area contributed by atoms with E-state index in [9.17, 15) is 13.2 Å². The van der Waals surface area contributed by atoms with Gasteiger partial charge in [-0.3, -0.25) is 4.79 Å². The maximum Gasteiger partial charge on any atom is 0.243 e. The number of sulfonamides is 1. The third-order valence-electron chi connectivity index (χ3n) is 5.27. The van der Waals surface area contributed by atoms with Crippen molar-refractivity contribution in [2.75, 3.05) is 26.3 Å². The van der Waals surface area contributed by atoms with Gasteiger partial charge in [-0.05, 0) is 25.1 Å². The number of hydrogen-bond acceptors (Lipinski definition) is 7. The number of aromatic nitrogens is 3. The Balaban J connectivity index is 1.44. The molecule has 10 nitrogen and oxygen atoms in total. The number of morpholine rings is 1. The summed E-state index contributed by atoms with van der Waals surface area (Å²) in [6, 6.07) is 6.72. The number of aryl methyl sites for hydroxylation is 3. The van der Waals surface area contributed by atoms with Crippen LogP contribution in [0.15, 0.2) is 33.7 Å². The highest BCUT2D eigenvalue weighted by atomic mass is 32.2. The first-order chi connectivity index (χ1) is 14.8. The molecule has 11 heteroatoms. The maximum absolute atomic E-state index is 12.9. The second-order valence-electron chi connectivity index (χ2n) is 7.46. The fourth-order valence-corrected chi connectivity index (χ4v) is 4.98. The van der Waals surface area contributed by atoms with Gasteiger partial charge in [-0.1, -0.05) is 5.16 Å². The minimum Gasteiger partial charge on any atom is -0.379 e. The van der Waals surface area contributed by atoms with Crippen LogP contribution in [0.4, 0.5) is 0 Å². The van der Waals surface area contributed by atoms with Crippen LogP contribution in [0.25, 0.3) is 11.0 Å². The predicted molar refractivity (Wildman–Crippen MR) is 112 cm³/mol. The topological polar surface area (TPSA) is 120 Å². The Hall–Kier alpha value is -2.76. The number of benzene rings is 1. The van der Waals surface area contributed by atoms with Gasteiger partial charge in [-0.15, -0.1) is 0 Å². The Kier molecular flexibility index (Phi) is 6.08. The Bertz CT molecular complexity index is 1190. The van der Waals surface area contributed by atoms with Crippen LogP contribution in [0.1, 0.15) is 23.7 Å². The van der Waals surface area contributed by atoms with Crippen LogP contribution in [0, 0.1) is 6.92 Å². The van der Waals surface area contributed by atoms with E-state index in [0.717, 1.165) is 5.52 Å². The first kappa shape index (κ1) is 21.5. The van der Waals surface area contributed by atoms with Crippen molar-refractivity contribution in [1.82, 2.24) is 24.3 Å². The minimum absolute atomic E-state index is 0.122. The van der Waals surface area contributed by atoms with Crippen molar-refractivity contribution >= 4 is 27.0 Å². The Morgan fingerprint density at radius 1 is 1.23 bits per heavy atom. The largest absolute Gasteiger partial charge is 0.379 e. The summed E-state index contributed by atoms with van der Waals surface area (Å²) >= 11 is 0. The van der Waals surface area contributed by atoms with Crippen molar-refractivity contribution in [1.29, 1.82) is 0 Å². The van der Waals surface area contributed by atoms with E-state index < -0.39 is 10.0 Å². The molecule has 1 amide bonds. The molecule has 166 valence electrons. The molecule has 1 N–H and O–H groups in total. The highest BCUT2D eigenvalue weighted by Crippen LogP contribution is 2.23. The van der Waals surface area contributed by atoms with Crippen molar-refractivity contribution < 1.29 is 22.5 Å². The van der Waals surface area contributed by atoms with Crippen LogP contribution in [-0.4, -0.2) is 59.6 Å². The molecule has 3 heterocycles. The van der Waals surface area contributed by atoms with Gasteiger partial charge in [0.05, 0.1) is 35.7 Å². The van der Waals surface area contributed by atoms with E-state index in [2.05, 4.69) is 15.5 Å². The zero-order valence-electron chi connectivity index (χ0n) is 17.5. The number of fused-ring (bicyclic) bond motifs is 1. The molecule has 0 saturated carbocycles. The van der Waals surface area contributed by atoms with E-state index in [-0.39, 0.29) is 17.2 Å². The Labute approximate surface area is 180 Å². The number of nitrogens with one attached hydrogen (secondary N) is 1. The predicted octanol–water partition coefficient (Wildman–Crippen LogP) is 1.14. The molecule has 31 heavy (non-hydrogen) atoms. The fraction of sp³-hybridized carbons (Fsp3) is 0.450. The summed E-state index contributed by atoms with van der Waals surface area (Å²) in [4.78, 5) is 17.0. The van der Waals surface area contributed by atoms with Crippen LogP contribution in [0.2, 0.25) is 0 Å². The smallest absolute Gasteiger partial charge is 0.243 e. The normalized spacial score (nSPS) is 15.4. The first-order valence-electron chi connectivity index (χ1n) is 10.1. The van der Waals surface area contributed by atoms with Gasteiger partial charge >= 0.3 is 0 Å². The monoisotopic (exact) mass is 447 g/mol. The lowest BCUT2D eigenvalue weighted by atomic mass is 10.2. The molecule has 1 aliphatic heterocycles. The highest BCUT2D eigenvalue weighted by Gasteiger charge is 2.27. The van der Waals surface area contributed by atoms with E-state index >= 15 is 0 Å². The number of imidazole rings is 1. The molecule has 1 aliphatic rings. The molecule has 0 spiro atoms. The van der Waals surface area contributed by atoms with Crippen molar-refractivity contribution in [3.05, 3.63) is 41.5 Å². The molecule has 1 saturated heterocycles. The summed E-state index contributed by atoms with van der Waals surface area (Å²) in [5.41, 5.74) is 2.07. The average molecular weight is 448 g/mol.